The van der Waals surface area contributed by atoms with Gasteiger partial charge in [-0.25, -0.2) is 14.5 Å². The smallest absolute Gasteiger partial charge is 0.319 e. The number of aromatic nitrogens is 5. The van der Waals surface area contributed by atoms with Gasteiger partial charge in [0.05, 0.1) is 34.1 Å². The van der Waals surface area contributed by atoms with Crippen LogP contribution in [-0.2, 0) is 14.1 Å². The molecule has 0 aliphatic rings. The average Bonchev–Trinajstić information content (AvgIpc) is 3.20. The first-order valence-electron chi connectivity index (χ1n) is 8.08. The number of hydrogen-bond donors (Lipinski definition) is 1. The quantitative estimate of drug-likeness (QED) is 0.589. The lowest BCUT2D eigenvalue weighted by molar-refractivity contribution is 0.102. The van der Waals surface area contributed by atoms with Crippen LogP contribution in [0.1, 0.15) is 10.4 Å². The maximum atomic E-state index is 12.8. The zero-order valence-corrected chi connectivity index (χ0v) is 15.3. The van der Waals surface area contributed by atoms with Gasteiger partial charge in [0, 0.05) is 25.9 Å². The van der Waals surface area contributed by atoms with E-state index in [1.54, 1.807) is 56.8 Å². The molecule has 1 amide bonds. The van der Waals surface area contributed by atoms with Crippen molar-refractivity contribution in [1.29, 1.82) is 0 Å². The van der Waals surface area contributed by atoms with Gasteiger partial charge in [-0.05, 0) is 30.3 Å². The predicted molar refractivity (Wildman–Crippen MR) is 102 cm³/mol. The maximum Gasteiger partial charge on any atom is 0.328 e. The highest BCUT2D eigenvalue weighted by Crippen LogP contribution is 2.20. The second-order valence-electron chi connectivity index (χ2n) is 6.04. The highest BCUT2D eigenvalue weighted by molar-refractivity contribution is 6.30. The summed E-state index contributed by atoms with van der Waals surface area (Å²) in [5.74, 6) is 0.131. The lowest BCUT2D eigenvalue weighted by atomic mass is 10.2. The van der Waals surface area contributed by atoms with E-state index in [-0.39, 0.29) is 11.6 Å². The number of nitrogens with one attached hydrogen (secondary N) is 1. The maximum absolute atomic E-state index is 12.8. The Morgan fingerprint density at radius 1 is 1.15 bits per heavy atom. The monoisotopic (exact) mass is 382 g/mol. The number of amides is 1. The van der Waals surface area contributed by atoms with Crippen LogP contribution < -0.4 is 11.0 Å². The molecule has 3 heterocycles. The molecule has 4 aromatic rings. The van der Waals surface area contributed by atoms with Crippen molar-refractivity contribution >= 4 is 34.2 Å². The fourth-order valence-electron chi connectivity index (χ4n) is 2.94. The van der Waals surface area contributed by atoms with E-state index in [0.29, 0.717) is 27.6 Å². The average molecular weight is 383 g/mol. The lowest BCUT2D eigenvalue weighted by Gasteiger charge is -2.10. The summed E-state index contributed by atoms with van der Waals surface area (Å²) in [4.78, 5) is 29.1. The Labute approximate surface area is 158 Å². The van der Waals surface area contributed by atoms with Gasteiger partial charge in [-0.1, -0.05) is 11.6 Å². The third kappa shape index (κ3) is 2.89. The van der Waals surface area contributed by atoms with Gasteiger partial charge in [-0.15, -0.1) is 0 Å². The second kappa shape index (κ2) is 6.40. The molecule has 0 aliphatic carbocycles. The third-order valence-electron chi connectivity index (χ3n) is 4.34. The van der Waals surface area contributed by atoms with E-state index in [1.807, 2.05) is 0 Å². The van der Waals surface area contributed by atoms with Crippen LogP contribution in [0.4, 0.5) is 5.69 Å². The van der Waals surface area contributed by atoms with E-state index in [1.165, 1.54) is 20.0 Å². The van der Waals surface area contributed by atoms with Crippen LogP contribution in [0.15, 0.2) is 53.7 Å². The molecule has 0 unspecified atom stereocenters. The zero-order chi connectivity index (χ0) is 19.1. The van der Waals surface area contributed by atoms with Gasteiger partial charge in [0.25, 0.3) is 5.91 Å². The van der Waals surface area contributed by atoms with Gasteiger partial charge in [-0.2, -0.15) is 5.10 Å². The molecule has 1 aromatic carbocycles. The summed E-state index contributed by atoms with van der Waals surface area (Å²) >= 11 is 5.92. The number of fused-ring (bicyclic) bond motifs is 1. The number of benzene rings is 1. The molecule has 3 aromatic heterocycles. The molecule has 0 saturated heterocycles. The summed E-state index contributed by atoms with van der Waals surface area (Å²) in [5, 5.41) is 7.43. The van der Waals surface area contributed by atoms with E-state index in [2.05, 4.69) is 15.4 Å². The fraction of sp³-hybridized carbons (Fsp3) is 0.111. The molecule has 0 fully saturated rings. The third-order valence-corrected chi connectivity index (χ3v) is 4.53. The minimum Gasteiger partial charge on any atom is -0.319 e. The van der Waals surface area contributed by atoms with E-state index >= 15 is 0 Å². The number of nitrogens with zero attached hydrogens (tertiary/aromatic N) is 5. The van der Waals surface area contributed by atoms with Crippen molar-refractivity contribution in [3.8, 4) is 5.82 Å². The Morgan fingerprint density at radius 2 is 1.93 bits per heavy atom. The second-order valence-corrected chi connectivity index (χ2v) is 6.47. The number of anilines is 1. The zero-order valence-electron chi connectivity index (χ0n) is 14.5. The van der Waals surface area contributed by atoms with Crippen LogP contribution in [0, 0.1) is 0 Å². The Bertz CT molecular complexity index is 1240. The van der Waals surface area contributed by atoms with Crippen molar-refractivity contribution in [2.45, 2.75) is 0 Å². The first-order chi connectivity index (χ1) is 13.0. The first-order valence-corrected chi connectivity index (χ1v) is 8.46. The fourth-order valence-corrected chi connectivity index (χ4v) is 3.07. The van der Waals surface area contributed by atoms with Crippen molar-refractivity contribution in [3.63, 3.8) is 0 Å². The topological polar surface area (TPSA) is 86.7 Å². The van der Waals surface area contributed by atoms with Crippen molar-refractivity contribution in [3.05, 3.63) is 70.0 Å². The van der Waals surface area contributed by atoms with Gasteiger partial charge in [0.15, 0.2) is 5.82 Å². The number of carbonyl (C=O) groups excluding carboxylic acids is 1. The van der Waals surface area contributed by atoms with Gasteiger partial charge in [0.1, 0.15) is 0 Å². The number of hydrogen-bond acceptors (Lipinski definition) is 4. The standard InChI is InChI=1S/C18H15ClN6O2/c1-23-14-6-5-11(8-15(14)24(2)18(23)27)17(26)22-13-4-3-7-20-16(13)25-10-12(19)9-21-25/h3-10H,1-2H3,(H,22,26). The highest BCUT2D eigenvalue weighted by atomic mass is 35.5. The number of rotatable bonds is 3. The summed E-state index contributed by atoms with van der Waals surface area (Å²) < 4.78 is 4.53. The van der Waals surface area contributed by atoms with Gasteiger partial charge in [-0.3, -0.25) is 13.9 Å². The molecule has 4 rings (SSSR count). The molecule has 0 bridgehead atoms. The van der Waals surface area contributed by atoms with Crippen LogP contribution in [0.2, 0.25) is 5.02 Å². The molecule has 0 spiro atoms. The van der Waals surface area contributed by atoms with Crippen LogP contribution in [0.5, 0.6) is 0 Å². The molecular formula is C18H15ClN6O2. The molecule has 136 valence electrons. The summed E-state index contributed by atoms with van der Waals surface area (Å²) in [6.07, 6.45) is 4.70. The molecule has 0 atom stereocenters. The number of aryl methyl sites for hydroxylation is 2. The van der Waals surface area contributed by atoms with Crippen LogP contribution in [-0.4, -0.2) is 29.8 Å². The number of pyridine rings is 1. The minimum absolute atomic E-state index is 0.146. The molecule has 1 N–H and O–H groups in total. The molecule has 0 radical (unpaired) electrons. The summed E-state index contributed by atoms with van der Waals surface area (Å²) in [6, 6.07) is 8.56. The molecule has 8 nitrogen and oxygen atoms in total. The normalized spacial score (nSPS) is 11.1. The molecule has 0 aliphatic heterocycles. The molecule has 9 heteroatoms. The highest BCUT2D eigenvalue weighted by Gasteiger charge is 2.15. The number of carbonyl (C=O) groups is 1. The Morgan fingerprint density at radius 3 is 2.67 bits per heavy atom. The summed E-state index contributed by atoms with van der Waals surface area (Å²) in [7, 11) is 3.37. The van der Waals surface area contributed by atoms with Crippen molar-refractivity contribution < 1.29 is 4.79 Å². The van der Waals surface area contributed by atoms with E-state index < -0.39 is 0 Å². The van der Waals surface area contributed by atoms with Crippen LogP contribution in [0.3, 0.4) is 0 Å². The molecular weight excluding hydrogens is 368 g/mol. The summed E-state index contributed by atoms with van der Waals surface area (Å²) in [5.41, 5.74) is 2.21. The van der Waals surface area contributed by atoms with E-state index in [0.717, 1.165) is 5.52 Å². The van der Waals surface area contributed by atoms with Crippen molar-refractivity contribution in [1.82, 2.24) is 23.9 Å². The number of imidazole rings is 1. The Hall–Kier alpha value is -3.39. The lowest BCUT2D eigenvalue weighted by Crippen LogP contribution is -2.19. The van der Waals surface area contributed by atoms with Gasteiger partial charge < -0.3 is 5.32 Å². The Balaban J connectivity index is 1.70. The van der Waals surface area contributed by atoms with E-state index in [4.69, 9.17) is 11.6 Å². The SMILES string of the molecule is Cn1c(=O)n(C)c2cc(C(=O)Nc3cccnc3-n3cc(Cl)cn3)ccc21. The first kappa shape index (κ1) is 17.0. The van der Waals surface area contributed by atoms with Crippen molar-refractivity contribution in [2.75, 3.05) is 5.32 Å². The molecule has 0 saturated carbocycles. The van der Waals surface area contributed by atoms with Gasteiger partial charge >= 0.3 is 5.69 Å². The molecule has 27 heavy (non-hydrogen) atoms. The van der Waals surface area contributed by atoms with Gasteiger partial charge in [0.2, 0.25) is 0 Å². The van der Waals surface area contributed by atoms with Crippen molar-refractivity contribution in [2.24, 2.45) is 14.1 Å². The largest absolute Gasteiger partial charge is 0.328 e. The number of halogens is 1. The Kier molecular flexibility index (Phi) is 4.04. The minimum atomic E-state index is -0.319. The van der Waals surface area contributed by atoms with Crippen LogP contribution >= 0.6 is 11.6 Å². The van der Waals surface area contributed by atoms with Crippen LogP contribution in [0.25, 0.3) is 16.9 Å². The predicted octanol–water partition coefficient (Wildman–Crippen LogP) is 2.36. The summed E-state index contributed by atoms with van der Waals surface area (Å²) in [6.45, 7) is 0. The van der Waals surface area contributed by atoms with E-state index in [9.17, 15) is 9.59 Å².